The predicted molar refractivity (Wildman–Crippen MR) is 105 cm³/mol. The van der Waals surface area contributed by atoms with Gasteiger partial charge in [0.05, 0.1) is 17.9 Å². The van der Waals surface area contributed by atoms with Gasteiger partial charge in [0.15, 0.2) is 0 Å². The highest BCUT2D eigenvalue weighted by Gasteiger charge is 2.54. The highest BCUT2D eigenvalue weighted by molar-refractivity contribution is 5.89. The van der Waals surface area contributed by atoms with E-state index in [9.17, 15) is 27.9 Å². The van der Waals surface area contributed by atoms with E-state index in [4.69, 9.17) is 9.15 Å². The van der Waals surface area contributed by atoms with Crippen LogP contribution in [0.4, 0.5) is 29.3 Å². The lowest BCUT2D eigenvalue weighted by atomic mass is 9.86. The molecule has 3 rings (SSSR count). The number of aromatic nitrogens is 2. The molecule has 12 heteroatoms. The first kappa shape index (κ1) is 22.5. The number of ether oxygens (including phenoxy) is 1. The number of H-pyrrole nitrogens is 1. The summed E-state index contributed by atoms with van der Waals surface area (Å²) in [6.07, 6.45) is -6.42. The number of anilines is 2. The van der Waals surface area contributed by atoms with Gasteiger partial charge < -0.3 is 19.6 Å². The monoisotopic (exact) mass is 444 g/mol. The molecule has 1 aliphatic rings. The van der Waals surface area contributed by atoms with Gasteiger partial charge in [-0.15, -0.1) is 5.10 Å². The summed E-state index contributed by atoms with van der Waals surface area (Å²) in [5.41, 5.74) is -3.02. The SMILES string of the molecule is CC(C)(C[C@H]1CNc2cc(N(C(=O)O)C(C)(C)C(F)(F)F)ccc2O1)c1n[nH]c(=O)o1. The van der Waals surface area contributed by atoms with Crippen molar-refractivity contribution >= 4 is 17.5 Å². The van der Waals surface area contributed by atoms with Gasteiger partial charge in [0.1, 0.15) is 17.4 Å². The van der Waals surface area contributed by atoms with Crippen LogP contribution in [0, 0.1) is 0 Å². The van der Waals surface area contributed by atoms with E-state index in [0.717, 1.165) is 13.8 Å². The van der Waals surface area contributed by atoms with Gasteiger partial charge in [-0.1, -0.05) is 13.8 Å². The number of hydrogen-bond donors (Lipinski definition) is 3. The summed E-state index contributed by atoms with van der Waals surface area (Å²) in [7, 11) is 0. The molecule has 0 radical (unpaired) electrons. The smallest absolute Gasteiger partial charge is 0.434 e. The number of nitrogens with one attached hydrogen (secondary N) is 2. The summed E-state index contributed by atoms with van der Waals surface area (Å²) in [4.78, 5) is 23.1. The number of fused-ring (bicyclic) bond motifs is 1. The molecule has 0 bridgehead atoms. The number of benzene rings is 1. The van der Waals surface area contributed by atoms with Gasteiger partial charge in [-0.25, -0.2) is 14.7 Å². The van der Waals surface area contributed by atoms with Crippen LogP contribution >= 0.6 is 0 Å². The lowest BCUT2D eigenvalue weighted by molar-refractivity contribution is -0.175. The first-order valence-electron chi connectivity index (χ1n) is 9.43. The summed E-state index contributed by atoms with van der Waals surface area (Å²) in [5, 5.41) is 18.6. The molecule has 0 unspecified atom stereocenters. The number of alkyl halides is 3. The van der Waals surface area contributed by atoms with Crippen LogP contribution in [-0.4, -0.2) is 45.8 Å². The van der Waals surface area contributed by atoms with E-state index in [-0.39, 0.29) is 22.6 Å². The Morgan fingerprint density at radius 3 is 2.52 bits per heavy atom. The van der Waals surface area contributed by atoms with Gasteiger partial charge in [-0.3, -0.25) is 4.90 Å². The Balaban J connectivity index is 1.82. The van der Waals surface area contributed by atoms with Crippen molar-refractivity contribution in [1.82, 2.24) is 10.2 Å². The number of carbonyl (C=O) groups is 1. The second kappa shape index (κ2) is 7.50. The number of carboxylic acid groups (broad SMARTS) is 1. The van der Waals surface area contributed by atoms with Crippen LogP contribution in [0.3, 0.4) is 0 Å². The Hall–Kier alpha value is -3.18. The zero-order chi connectivity index (χ0) is 23.2. The zero-order valence-corrected chi connectivity index (χ0v) is 17.3. The third-order valence-corrected chi connectivity index (χ3v) is 5.23. The molecule has 31 heavy (non-hydrogen) atoms. The van der Waals surface area contributed by atoms with Crippen molar-refractivity contribution in [3.8, 4) is 5.75 Å². The van der Waals surface area contributed by atoms with Gasteiger partial charge in [0.25, 0.3) is 0 Å². The van der Waals surface area contributed by atoms with E-state index in [2.05, 4.69) is 15.5 Å². The number of aromatic amines is 1. The molecule has 0 fully saturated rings. The molecule has 1 aromatic heterocycles. The molecule has 0 aliphatic carbocycles. The second-order valence-corrected chi connectivity index (χ2v) is 8.48. The fourth-order valence-corrected chi connectivity index (χ4v) is 3.43. The number of hydrogen-bond acceptors (Lipinski definition) is 6. The van der Waals surface area contributed by atoms with Crippen molar-refractivity contribution in [3.63, 3.8) is 0 Å². The number of rotatable bonds is 5. The first-order valence-corrected chi connectivity index (χ1v) is 9.43. The molecule has 1 atom stereocenters. The molecule has 1 amide bonds. The second-order valence-electron chi connectivity index (χ2n) is 8.48. The number of halogens is 3. The largest absolute Gasteiger partial charge is 0.486 e. The van der Waals surface area contributed by atoms with E-state index < -0.39 is 29.0 Å². The molecule has 9 nitrogen and oxygen atoms in total. The topological polar surface area (TPSA) is 121 Å². The summed E-state index contributed by atoms with van der Waals surface area (Å²) in [5.74, 6) is -0.0587. The van der Waals surface area contributed by atoms with Gasteiger partial charge in [-0.05, 0) is 38.5 Å². The molecule has 0 spiro atoms. The normalized spacial score (nSPS) is 16.8. The summed E-state index contributed by atoms with van der Waals surface area (Å²) in [6, 6.07) is 4.00. The fourth-order valence-electron chi connectivity index (χ4n) is 3.43. The first-order chi connectivity index (χ1) is 14.2. The molecular weight excluding hydrogens is 421 g/mol. The minimum absolute atomic E-state index is 0.137. The van der Waals surface area contributed by atoms with Crippen LogP contribution in [0.1, 0.15) is 40.0 Å². The Kier molecular flexibility index (Phi) is 5.45. The minimum atomic E-state index is -4.77. The predicted octanol–water partition coefficient (Wildman–Crippen LogP) is 3.73. The Bertz CT molecular complexity index is 1030. The molecule has 1 aliphatic heterocycles. The Morgan fingerprint density at radius 2 is 1.97 bits per heavy atom. The van der Waals surface area contributed by atoms with Crippen LogP contribution in [-0.2, 0) is 5.41 Å². The lowest BCUT2D eigenvalue weighted by Crippen LogP contribution is -2.57. The van der Waals surface area contributed by atoms with E-state index >= 15 is 0 Å². The zero-order valence-electron chi connectivity index (χ0n) is 17.3. The average molecular weight is 444 g/mol. The van der Waals surface area contributed by atoms with E-state index in [1.54, 1.807) is 0 Å². The van der Waals surface area contributed by atoms with Crippen molar-refractivity contribution in [2.75, 3.05) is 16.8 Å². The summed E-state index contributed by atoms with van der Waals surface area (Å²) in [6.45, 7) is 5.58. The van der Waals surface area contributed by atoms with Crippen molar-refractivity contribution in [3.05, 3.63) is 34.6 Å². The van der Waals surface area contributed by atoms with Crippen LogP contribution < -0.4 is 20.7 Å². The van der Waals surface area contributed by atoms with Crippen LogP contribution in [0.5, 0.6) is 5.75 Å². The summed E-state index contributed by atoms with van der Waals surface area (Å²) < 4.78 is 51.3. The molecule has 3 N–H and O–H groups in total. The highest BCUT2D eigenvalue weighted by Crippen LogP contribution is 2.41. The van der Waals surface area contributed by atoms with Gasteiger partial charge in [0.2, 0.25) is 5.89 Å². The van der Waals surface area contributed by atoms with Gasteiger partial charge in [0, 0.05) is 5.41 Å². The fraction of sp³-hybridized carbons (Fsp3) is 0.526. The van der Waals surface area contributed by atoms with Gasteiger partial charge in [-0.2, -0.15) is 13.2 Å². The average Bonchev–Trinajstić information content (AvgIpc) is 3.07. The van der Waals surface area contributed by atoms with Crippen molar-refractivity contribution in [2.24, 2.45) is 0 Å². The molecule has 0 saturated carbocycles. The van der Waals surface area contributed by atoms with E-state index in [0.29, 0.717) is 24.4 Å². The maximum atomic E-state index is 13.4. The highest BCUT2D eigenvalue weighted by atomic mass is 19.4. The van der Waals surface area contributed by atoms with Crippen molar-refractivity contribution < 1.29 is 32.2 Å². The standard InChI is InChI=1S/C19H23F3N4O5/c1-17(2,14-24-25-15(27)31-14)8-11-9-23-12-7-10(5-6-13(12)30-11)26(16(28)29)18(3,4)19(20,21)22/h5-7,11,23H,8-9H2,1-4H3,(H,25,27)(H,28,29)/t11-/m0/s1. The Morgan fingerprint density at radius 1 is 1.29 bits per heavy atom. The van der Waals surface area contributed by atoms with Crippen molar-refractivity contribution in [1.29, 1.82) is 0 Å². The van der Waals surface area contributed by atoms with E-state index in [1.165, 1.54) is 18.2 Å². The molecule has 1 aromatic carbocycles. The third-order valence-electron chi connectivity index (χ3n) is 5.23. The van der Waals surface area contributed by atoms with E-state index in [1.807, 2.05) is 13.8 Å². The van der Waals surface area contributed by atoms with Crippen LogP contribution in [0.15, 0.2) is 27.4 Å². The minimum Gasteiger partial charge on any atom is -0.486 e. The van der Waals surface area contributed by atoms with Crippen molar-refractivity contribution in [2.45, 2.75) is 57.3 Å². The molecule has 2 heterocycles. The number of amides is 1. The van der Waals surface area contributed by atoms with Gasteiger partial charge >= 0.3 is 18.0 Å². The Labute approximate surface area is 175 Å². The molecule has 0 saturated heterocycles. The lowest BCUT2D eigenvalue weighted by Gasteiger charge is -2.38. The molecule has 2 aromatic rings. The molecular formula is C19H23F3N4O5. The maximum absolute atomic E-state index is 13.4. The van der Waals surface area contributed by atoms with Crippen LogP contribution in [0.2, 0.25) is 0 Å². The number of nitrogens with zero attached hydrogens (tertiary/aromatic N) is 2. The quantitative estimate of drug-likeness (QED) is 0.643. The third kappa shape index (κ3) is 4.32. The maximum Gasteiger partial charge on any atom is 0.434 e. The van der Waals surface area contributed by atoms with Crippen LogP contribution in [0.25, 0.3) is 0 Å². The molecule has 170 valence electrons. The summed E-state index contributed by atoms with van der Waals surface area (Å²) >= 11 is 0.